The Kier molecular flexibility index (Phi) is 9.88. The summed E-state index contributed by atoms with van der Waals surface area (Å²) in [6.45, 7) is 4.48. The van der Waals surface area contributed by atoms with Crippen LogP contribution in [-0.4, -0.2) is 11.5 Å². The summed E-state index contributed by atoms with van der Waals surface area (Å²) in [7, 11) is -1.87. The number of rotatable bonds is 8. The number of thioether (sulfide) groups is 2. The highest BCUT2D eigenvalue weighted by molar-refractivity contribution is 8.22. The molecule has 0 aliphatic heterocycles. The summed E-state index contributed by atoms with van der Waals surface area (Å²) >= 11 is 3.93. The Morgan fingerprint density at radius 2 is 0.964 bits per heavy atom. The molecule has 0 aromatic heterocycles. The van der Waals surface area contributed by atoms with Crippen LogP contribution in [0.25, 0.3) is 0 Å². The van der Waals surface area contributed by atoms with E-state index in [4.69, 9.17) is 0 Å². The lowest BCUT2D eigenvalue weighted by atomic mass is 10.4. The van der Waals surface area contributed by atoms with Crippen LogP contribution < -0.4 is 32.9 Å². The van der Waals surface area contributed by atoms with Gasteiger partial charge in [-0.1, -0.05) is 68.4 Å². The molecular weight excluding hydrogens is 463 g/mol. The zero-order chi connectivity index (χ0) is 19.0. The summed E-state index contributed by atoms with van der Waals surface area (Å²) < 4.78 is 1.44. The van der Waals surface area contributed by atoms with E-state index in [-0.39, 0.29) is 17.0 Å². The summed E-state index contributed by atoms with van der Waals surface area (Å²) in [6.07, 6.45) is 0. The van der Waals surface area contributed by atoms with Crippen LogP contribution in [0.2, 0.25) is 0 Å². The molecule has 0 aliphatic rings. The van der Waals surface area contributed by atoms with Crippen molar-refractivity contribution in [1.82, 2.24) is 0 Å². The van der Waals surface area contributed by atoms with Gasteiger partial charge in [-0.05, 0) is 47.9 Å². The van der Waals surface area contributed by atoms with Crippen molar-refractivity contribution in [1.29, 1.82) is 0 Å². The Morgan fingerprint density at radius 1 is 0.643 bits per heavy atom. The molecule has 0 N–H and O–H groups in total. The van der Waals surface area contributed by atoms with Crippen molar-refractivity contribution in [2.24, 2.45) is 0 Å². The van der Waals surface area contributed by atoms with Gasteiger partial charge in [-0.2, -0.15) is 0 Å². The first-order valence-electron chi connectivity index (χ1n) is 9.35. The van der Waals surface area contributed by atoms with E-state index in [1.165, 1.54) is 20.2 Å². The van der Waals surface area contributed by atoms with Crippen molar-refractivity contribution < 1.29 is 17.0 Å². The zero-order valence-electron chi connectivity index (χ0n) is 16.3. The highest BCUT2D eigenvalue weighted by Crippen LogP contribution is 2.59. The number of halogens is 1. The molecule has 4 heteroatoms. The van der Waals surface area contributed by atoms with Gasteiger partial charge in [0.05, 0.1) is 10.1 Å². The molecular formula is C24H26BrPS2. The third-order valence-corrected chi connectivity index (χ3v) is 10.8. The molecule has 0 saturated heterocycles. The fourth-order valence-electron chi connectivity index (χ4n) is 3.22. The van der Waals surface area contributed by atoms with Crippen molar-refractivity contribution >= 4 is 46.7 Å². The molecule has 0 heterocycles. The molecule has 0 atom stereocenters. The molecule has 0 saturated carbocycles. The third-order valence-electron chi connectivity index (χ3n) is 4.36. The fourth-order valence-corrected chi connectivity index (χ4v) is 9.96. The molecule has 0 bridgehead atoms. The van der Waals surface area contributed by atoms with E-state index in [9.17, 15) is 0 Å². The maximum Gasteiger partial charge on any atom is 0.138 e. The predicted octanol–water partition coefficient (Wildman–Crippen LogP) is 3.29. The molecule has 3 aromatic rings. The molecule has 0 unspecified atom stereocenters. The van der Waals surface area contributed by atoms with E-state index in [2.05, 4.69) is 111 Å². The highest BCUT2D eigenvalue weighted by Gasteiger charge is 2.44. The van der Waals surface area contributed by atoms with Gasteiger partial charge in [0.25, 0.3) is 0 Å². The molecule has 0 nitrogen and oxygen atoms in total. The lowest BCUT2D eigenvalue weighted by Crippen LogP contribution is -3.00. The van der Waals surface area contributed by atoms with E-state index in [1.807, 2.05) is 23.5 Å². The quantitative estimate of drug-likeness (QED) is 0.446. The molecule has 0 amide bonds. The maximum atomic E-state index is 2.59. The van der Waals surface area contributed by atoms with Crippen LogP contribution in [0.5, 0.6) is 0 Å². The van der Waals surface area contributed by atoms with E-state index in [0.29, 0.717) is 0 Å². The summed E-state index contributed by atoms with van der Waals surface area (Å²) in [5.41, 5.74) is 0. The van der Waals surface area contributed by atoms with Gasteiger partial charge in [-0.15, -0.1) is 23.5 Å². The van der Waals surface area contributed by atoms with Crippen molar-refractivity contribution in [3.05, 3.63) is 101 Å². The predicted molar refractivity (Wildman–Crippen MR) is 129 cm³/mol. The van der Waals surface area contributed by atoms with E-state index in [1.54, 1.807) is 0 Å². The van der Waals surface area contributed by atoms with E-state index in [0.717, 1.165) is 11.5 Å². The van der Waals surface area contributed by atoms with Crippen LogP contribution in [0.15, 0.2) is 101 Å². The lowest BCUT2D eigenvalue weighted by Gasteiger charge is -2.25. The minimum absolute atomic E-state index is 0. The minimum atomic E-state index is -1.87. The van der Waals surface area contributed by atoms with E-state index < -0.39 is 7.26 Å². The Balaban J connectivity index is 0.00000280. The average molecular weight is 489 g/mol. The van der Waals surface area contributed by atoms with Gasteiger partial charge in [0.2, 0.25) is 0 Å². The van der Waals surface area contributed by atoms with Crippen LogP contribution >= 0.6 is 30.8 Å². The summed E-state index contributed by atoms with van der Waals surface area (Å²) in [4.78, 5) is 0. The van der Waals surface area contributed by atoms with Crippen molar-refractivity contribution in [2.45, 2.75) is 13.8 Å². The van der Waals surface area contributed by atoms with Gasteiger partial charge >= 0.3 is 0 Å². The SMILES string of the molecule is CCSC(=C[P+](c1ccccc1)(c1ccccc1)c1ccccc1)SCC.[Br-]. The van der Waals surface area contributed by atoms with Crippen LogP contribution in [0.1, 0.15) is 13.8 Å². The molecule has 0 spiro atoms. The summed E-state index contributed by atoms with van der Waals surface area (Å²) in [5, 5.41) is 4.23. The molecule has 0 radical (unpaired) electrons. The second-order valence-electron chi connectivity index (χ2n) is 6.04. The third kappa shape index (κ3) is 5.33. The smallest absolute Gasteiger partial charge is 0.138 e. The van der Waals surface area contributed by atoms with Gasteiger partial charge in [0.15, 0.2) is 0 Å². The monoisotopic (exact) mass is 488 g/mol. The highest BCUT2D eigenvalue weighted by atomic mass is 79.9. The first-order valence-corrected chi connectivity index (χ1v) is 13.2. The summed E-state index contributed by atoms with van der Waals surface area (Å²) in [5.74, 6) is 4.78. The van der Waals surface area contributed by atoms with Crippen molar-refractivity contribution in [3.63, 3.8) is 0 Å². The average Bonchev–Trinajstić information content (AvgIpc) is 2.74. The molecule has 28 heavy (non-hydrogen) atoms. The Bertz CT molecular complexity index is 747. The molecule has 0 fully saturated rings. The van der Waals surface area contributed by atoms with Crippen molar-refractivity contribution in [3.8, 4) is 0 Å². The molecule has 3 rings (SSSR count). The standard InChI is InChI=1S/C24H26PS2.BrH/c1-3-26-24(27-4-2)20-25(21-14-8-5-9-15-21,22-16-10-6-11-17-22)23-18-12-7-13-19-23;/h5-20H,3-4H2,1-2H3;1H/q+1;/p-1. The maximum absolute atomic E-state index is 2.59. The van der Waals surface area contributed by atoms with Crippen LogP contribution in [-0.2, 0) is 0 Å². The number of benzene rings is 3. The Morgan fingerprint density at radius 3 is 1.25 bits per heavy atom. The second-order valence-corrected chi connectivity index (χ2v) is 12.2. The van der Waals surface area contributed by atoms with Crippen LogP contribution in [0.4, 0.5) is 0 Å². The van der Waals surface area contributed by atoms with Gasteiger partial charge in [0.1, 0.15) is 23.2 Å². The van der Waals surface area contributed by atoms with Gasteiger partial charge in [-0.25, -0.2) is 0 Å². The second kappa shape index (κ2) is 11.9. The number of hydrogen-bond donors (Lipinski definition) is 0. The minimum Gasteiger partial charge on any atom is -1.00 e. The largest absolute Gasteiger partial charge is 1.00 e. The van der Waals surface area contributed by atoms with Gasteiger partial charge < -0.3 is 17.0 Å². The van der Waals surface area contributed by atoms with Gasteiger partial charge in [0, 0.05) is 0 Å². The first-order chi connectivity index (χ1) is 13.3. The fraction of sp³-hybridized carbons (Fsp3) is 0.167. The van der Waals surface area contributed by atoms with Crippen LogP contribution in [0, 0.1) is 0 Å². The van der Waals surface area contributed by atoms with Crippen LogP contribution in [0.3, 0.4) is 0 Å². The molecule has 0 aliphatic carbocycles. The normalized spacial score (nSPS) is 10.8. The summed E-state index contributed by atoms with van der Waals surface area (Å²) in [6, 6.07) is 33.2. The van der Waals surface area contributed by atoms with Crippen molar-refractivity contribution in [2.75, 3.05) is 11.5 Å². The molecule has 146 valence electrons. The Hall–Kier alpha value is -0.990. The topological polar surface area (TPSA) is 0 Å². The first kappa shape index (κ1) is 23.3. The van der Waals surface area contributed by atoms with Gasteiger partial charge in [-0.3, -0.25) is 0 Å². The zero-order valence-corrected chi connectivity index (χ0v) is 20.4. The Labute approximate surface area is 189 Å². The van der Waals surface area contributed by atoms with E-state index >= 15 is 0 Å². The number of hydrogen-bond acceptors (Lipinski definition) is 2. The molecule has 3 aromatic carbocycles. The lowest BCUT2D eigenvalue weighted by molar-refractivity contribution is -0.00000519.